The lowest BCUT2D eigenvalue weighted by molar-refractivity contribution is -0.137. The first-order chi connectivity index (χ1) is 9.91. The molecular weight excluding hydrogens is 303 g/mol. The molecule has 6 heteroatoms. The maximum absolute atomic E-state index is 12.7. The molecule has 0 saturated carbocycles. The van der Waals surface area contributed by atoms with Crippen LogP contribution >= 0.6 is 11.6 Å². The summed E-state index contributed by atoms with van der Waals surface area (Å²) in [5.41, 5.74) is -0.617. The van der Waals surface area contributed by atoms with Crippen molar-refractivity contribution in [2.24, 2.45) is 5.92 Å². The van der Waals surface area contributed by atoms with Gasteiger partial charge < -0.3 is 4.90 Å². The van der Waals surface area contributed by atoms with Gasteiger partial charge >= 0.3 is 6.18 Å². The third kappa shape index (κ3) is 4.20. The number of nitrogens with zero attached hydrogens (tertiary/aromatic N) is 1. The van der Waals surface area contributed by atoms with Crippen LogP contribution in [0.1, 0.15) is 28.8 Å². The molecular formula is C15H17ClF3NO. The number of carbonyl (C=O) groups excluding carboxylic acids is 1. The number of hydrogen-bond acceptors (Lipinski definition) is 2. The molecule has 21 heavy (non-hydrogen) atoms. The van der Waals surface area contributed by atoms with E-state index in [0.29, 0.717) is 18.7 Å². The quantitative estimate of drug-likeness (QED) is 0.621. The van der Waals surface area contributed by atoms with Gasteiger partial charge in [0.05, 0.1) is 5.56 Å². The van der Waals surface area contributed by atoms with E-state index in [1.807, 2.05) is 0 Å². The van der Waals surface area contributed by atoms with Gasteiger partial charge in [0.25, 0.3) is 0 Å². The van der Waals surface area contributed by atoms with E-state index < -0.39 is 11.7 Å². The van der Waals surface area contributed by atoms with Crippen molar-refractivity contribution in [1.82, 2.24) is 4.90 Å². The van der Waals surface area contributed by atoms with Crippen molar-refractivity contribution in [3.8, 4) is 0 Å². The summed E-state index contributed by atoms with van der Waals surface area (Å²) in [5, 5.41) is 0. The molecule has 0 aliphatic carbocycles. The Morgan fingerprint density at radius 3 is 2.52 bits per heavy atom. The molecule has 1 heterocycles. The molecule has 0 spiro atoms. The number of alkyl halides is 4. The number of hydrogen-bond donors (Lipinski definition) is 0. The fourth-order valence-electron chi connectivity index (χ4n) is 2.62. The number of Topliss-reactive ketones (excluding diaryl/α,β-unsaturated/α-hetero) is 1. The van der Waals surface area contributed by atoms with Gasteiger partial charge in [-0.15, -0.1) is 11.6 Å². The second-order valence-corrected chi connectivity index (χ2v) is 5.63. The zero-order chi connectivity index (χ0) is 15.5. The van der Waals surface area contributed by atoms with Crippen molar-refractivity contribution < 1.29 is 18.0 Å². The van der Waals surface area contributed by atoms with E-state index in [1.54, 1.807) is 0 Å². The number of piperidine rings is 1. The van der Waals surface area contributed by atoms with Crippen LogP contribution in [0.3, 0.4) is 0 Å². The van der Waals surface area contributed by atoms with Crippen LogP contribution in [0, 0.1) is 5.92 Å². The van der Waals surface area contributed by atoms with E-state index in [-0.39, 0.29) is 17.3 Å². The van der Waals surface area contributed by atoms with E-state index in [1.165, 1.54) is 12.1 Å². The van der Waals surface area contributed by atoms with Gasteiger partial charge in [-0.3, -0.25) is 4.79 Å². The average molecular weight is 320 g/mol. The predicted molar refractivity (Wildman–Crippen MR) is 75.7 cm³/mol. The molecule has 1 aliphatic rings. The monoisotopic (exact) mass is 319 g/mol. The number of rotatable bonds is 4. The fraction of sp³-hybridized carbons (Fsp3) is 0.533. The maximum atomic E-state index is 12.7. The van der Waals surface area contributed by atoms with Crippen molar-refractivity contribution in [3.05, 3.63) is 35.4 Å². The van der Waals surface area contributed by atoms with Crippen molar-refractivity contribution in [2.45, 2.75) is 19.0 Å². The highest BCUT2D eigenvalue weighted by Gasteiger charge is 2.32. The largest absolute Gasteiger partial charge is 0.416 e. The minimum absolute atomic E-state index is 0.153. The highest BCUT2D eigenvalue weighted by atomic mass is 35.5. The zero-order valence-corrected chi connectivity index (χ0v) is 12.3. The van der Waals surface area contributed by atoms with Gasteiger partial charge in [-0.1, -0.05) is 12.1 Å². The van der Waals surface area contributed by atoms with Crippen LogP contribution in [0.2, 0.25) is 0 Å². The van der Waals surface area contributed by atoms with Crippen LogP contribution in [0.4, 0.5) is 13.2 Å². The van der Waals surface area contributed by atoms with Gasteiger partial charge in [0.2, 0.25) is 0 Å². The van der Waals surface area contributed by atoms with Crippen molar-refractivity contribution in [3.63, 3.8) is 0 Å². The summed E-state index contributed by atoms with van der Waals surface area (Å²) >= 11 is 5.67. The van der Waals surface area contributed by atoms with Gasteiger partial charge in [-0.05, 0) is 38.1 Å². The molecule has 2 rings (SSSR count). The van der Waals surface area contributed by atoms with Crippen LogP contribution in [0.5, 0.6) is 0 Å². The summed E-state index contributed by atoms with van der Waals surface area (Å²) in [4.78, 5) is 14.5. The summed E-state index contributed by atoms with van der Waals surface area (Å²) in [6.07, 6.45) is -3.07. The first-order valence-corrected chi connectivity index (χ1v) is 7.45. The third-order valence-electron chi connectivity index (χ3n) is 3.83. The Kier molecular flexibility index (Phi) is 5.27. The number of benzene rings is 1. The molecule has 0 N–H and O–H groups in total. The lowest BCUT2D eigenvalue weighted by atomic mass is 9.88. The molecule has 0 amide bonds. The molecule has 0 aromatic heterocycles. The first-order valence-electron chi connectivity index (χ1n) is 6.91. The molecule has 1 aliphatic heterocycles. The first kappa shape index (κ1) is 16.3. The zero-order valence-electron chi connectivity index (χ0n) is 11.5. The van der Waals surface area contributed by atoms with E-state index in [0.717, 1.165) is 31.8 Å². The van der Waals surface area contributed by atoms with Gasteiger partial charge in [-0.2, -0.15) is 13.2 Å². The van der Waals surface area contributed by atoms with Crippen molar-refractivity contribution >= 4 is 17.4 Å². The van der Waals surface area contributed by atoms with Gasteiger partial charge in [0, 0.05) is 23.9 Å². The normalized spacial score (nSPS) is 17.9. The standard InChI is InChI=1S/C15H17ClF3NO/c16-6-9-20-7-4-11(5-8-20)14(21)12-2-1-3-13(10-12)15(17,18)19/h1-3,10-11H,4-9H2. The smallest absolute Gasteiger partial charge is 0.302 e. The van der Waals surface area contributed by atoms with Gasteiger partial charge in [-0.25, -0.2) is 0 Å². The number of likely N-dealkylation sites (tertiary alicyclic amines) is 1. The number of carbonyl (C=O) groups is 1. The molecule has 2 nitrogen and oxygen atoms in total. The molecule has 0 atom stereocenters. The van der Waals surface area contributed by atoms with Crippen molar-refractivity contribution in [1.29, 1.82) is 0 Å². The van der Waals surface area contributed by atoms with Crippen LogP contribution in [0.25, 0.3) is 0 Å². The molecule has 0 unspecified atom stereocenters. The molecule has 1 saturated heterocycles. The Bertz CT molecular complexity index is 496. The highest BCUT2D eigenvalue weighted by Crippen LogP contribution is 2.30. The van der Waals surface area contributed by atoms with E-state index in [9.17, 15) is 18.0 Å². The van der Waals surface area contributed by atoms with Crippen LogP contribution in [0.15, 0.2) is 24.3 Å². The highest BCUT2D eigenvalue weighted by molar-refractivity contribution is 6.18. The predicted octanol–water partition coefficient (Wildman–Crippen LogP) is 3.84. The molecule has 1 aromatic carbocycles. The molecule has 116 valence electrons. The minimum Gasteiger partial charge on any atom is -0.302 e. The lowest BCUT2D eigenvalue weighted by Gasteiger charge is -2.30. The second-order valence-electron chi connectivity index (χ2n) is 5.25. The van der Waals surface area contributed by atoms with Crippen LogP contribution < -0.4 is 0 Å². The average Bonchev–Trinajstić information content (AvgIpc) is 2.47. The Balaban J connectivity index is 2.04. The van der Waals surface area contributed by atoms with E-state index in [2.05, 4.69) is 4.90 Å². The maximum Gasteiger partial charge on any atom is 0.416 e. The SMILES string of the molecule is O=C(c1cccc(C(F)(F)F)c1)C1CCN(CCCl)CC1. The summed E-state index contributed by atoms with van der Waals surface area (Å²) in [7, 11) is 0. The van der Waals surface area contributed by atoms with Crippen molar-refractivity contribution in [2.75, 3.05) is 25.5 Å². The Morgan fingerprint density at radius 2 is 1.95 bits per heavy atom. The minimum atomic E-state index is -4.42. The molecule has 0 bridgehead atoms. The van der Waals surface area contributed by atoms with Crippen LogP contribution in [-0.4, -0.2) is 36.2 Å². The Labute approximate surface area is 126 Å². The van der Waals surface area contributed by atoms with Crippen LogP contribution in [-0.2, 0) is 6.18 Å². The van der Waals surface area contributed by atoms with E-state index in [4.69, 9.17) is 11.6 Å². The number of halogens is 4. The van der Waals surface area contributed by atoms with Gasteiger partial charge in [0.1, 0.15) is 0 Å². The Hall–Kier alpha value is -1.07. The summed E-state index contributed by atoms with van der Waals surface area (Å²) in [5.74, 6) is 0.165. The second kappa shape index (κ2) is 6.79. The third-order valence-corrected chi connectivity index (χ3v) is 4.00. The topological polar surface area (TPSA) is 20.3 Å². The van der Waals surface area contributed by atoms with E-state index >= 15 is 0 Å². The number of ketones is 1. The summed E-state index contributed by atoms with van der Waals surface area (Å²) in [6.45, 7) is 2.32. The molecule has 1 fully saturated rings. The summed E-state index contributed by atoms with van der Waals surface area (Å²) < 4.78 is 38.0. The Morgan fingerprint density at radius 1 is 1.29 bits per heavy atom. The van der Waals surface area contributed by atoms with Gasteiger partial charge in [0.15, 0.2) is 5.78 Å². The molecule has 1 aromatic rings. The summed E-state index contributed by atoms with van der Waals surface area (Å²) in [6, 6.07) is 4.69. The lowest BCUT2D eigenvalue weighted by Crippen LogP contribution is -2.37. The fourth-order valence-corrected chi connectivity index (χ4v) is 2.86. The molecule has 0 radical (unpaired) electrons.